The van der Waals surface area contributed by atoms with Gasteiger partial charge in [0, 0.05) is 48.6 Å². The predicted molar refractivity (Wildman–Crippen MR) is 194 cm³/mol. The summed E-state index contributed by atoms with van der Waals surface area (Å²) in [5, 5.41) is 0. The molecule has 5 aliphatic rings. The molecule has 0 saturated carbocycles. The number of nitrogens with zero attached hydrogens (tertiary/aromatic N) is 2. The summed E-state index contributed by atoms with van der Waals surface area (Å²) in [7, 11) is 0. The van der Waals surface area contributed by atoms with Crippen LogP contribution in [0.1, 0.15) is 60.3 Å². The van der Waals surface area contributed by atoms with Crippen LogP contribution in [0.15, 0.2) is 65.3 Å². The van der Waals surface area contributed by atoms with Gasteiger partial charge in [0.05, 0.1) is 13.2 Å². The van der Waals surface area contributed by atoms with E-state index in [1.165, 1.54) is 33.8 Å². The van der Waals surface area contributed by atoms with Crippen molar-refractivity contribution in [1.29, 1.82) is 0 Å². The molecule has 312 valence electrons. The largest absolute Gasteiger partial charge is 0.463 e. The number of rotatable bonds is 12. The van der Waals surface area contributed by atoms with E-state index in [0.29, 0.717) is 5.56 Å². The second kappa shape index (κ2) is 17.4. The molecule has 1 aromatic rings. The van der Waals surface area contributed by atoms with Crippen molar-refractivity contribution < 1.29 is 76.2 Å². The van der Waals surface area contributed by atoms with E-state index in [4.69, 9.17) is 42.6 Å². The number of benzene rings is 1. The van der Waals surface area contributed by atoms with Crippen LogP contribution >= 0.6 is 0 Å². The minimum absolute atomic E-state index is 0.0713. The average molecular weight is 811 g/mol. The van der Waals surface area contributed by atoms with E-state index in [2.05, 4.69) is 6.58 Å². The molecule has 5 heterocycles. The van der Waals surface area contributed by atoms with Gasteiger partial charge < -0.3 is 42.6 Å². The maximum Gasteiger partial charge on any atom is 0.303 e. The minimum Gasteiger partial charge on any atom is -0.463 e. The van der Waals surface area contributed by atoms with Crippen molar-refractivity contribution in [2.75, 3.05) is 19.8 Å². The van der Waals surface area contributed by atoms with Crippen LogP contribution < -0.4 is 0 Å². The zero-order valence-electron chi connectivity index (χ0n) is 33.1. The number of esters is 3. The third-order valence-electron chi connectivity index (χ3n) is 10.6. The van der Waals surface area contributed by atoms with Crippen LogP contribution in [0.2, 0.25) is 0 Å². The molecule has 3 saturated heterocycles. The number of carbonyl (C=O) groups is 7. The fraction of sp³-hybridized carbons (Fsp3) is 0.525. The first-order valence-electron chi connectivity index (χ1n) is 18.6. The van der Waals surface area contributed by atoms with Crippen molar-refractivity contribution in [3.8, 4) is 0 Å². The van der Waals surface area contributed by atoms with Crippen LogP contribution in [0.4, 0.5) is 0 Å². The van der Waals surface area contributed by atoms with Crippen molar-refractivity contribution in [1.82, 2.24) is 9.80 Å². The first-order valence-corrected chi connectivity index (χ1v) is 18.6. The Labute approximate surface area is 333 Å². The quantitative estimate of drug-likeness (QED) is 0.127. The van der Waals surface area contributed by atoms with Crippen LogP contribution in [0.3, 0.4) is 0 Å². The standard InChI is InChI=1S/C40H46N2O16/c1-9-15-50-39-28(41-34(46)18(2)19(3)35(41)47)33(31-27(55-39)17-52-38(57-31)25-13-11-10-12-14-25)58-40-29(42-36(48)20(4)21(5)37(42)49)32(54-24(8)45)30(53-23(7)44)26(56-40)16-51-22(6)43/h9-14,26-33,38-40H,1,15-17H2,2-8H3/t26-,27-,28-,29-,30-,31-,32-,33-,38?,39-,40+/m1/s1. The highest BCUT2D eigenvalue weighted by Gasteiger charge is 2.62. The number of amides is 4. The maximum atomic E-state index is 14.0. The minimum atomic E-state index is -1.82. The third kappa shape index (κ3) is 8.12. The predicted octanol–water partition coefficient (Wildman–Crippen LogP) is 1.71. The Bertz CT molecular complexity index is 1880. The highest BCUT2D eigenvalue weighted by atomic mass is 16.8. The summed E-state index contributed by atoms with van der Waals surface area (Å²) in [4.78, 5) is 95.2. The Morgan fingerprint density at radius 3 is 1.78 bits per heavy atom. The van der Waals surface area contributed by atoms with Crippen LogP contribution in [-0.4, -0.2) is 132 Å². The van der Waals surface area contributed by atoms with Gasteiger partial charge in [0.15, 0.2) is 31.1 Å². The smallest absolute Gasteiger partial charge is 0.303 e. The second-order valence-electron chi connectivity index (χ2n) is 14.4. The summed E-state index contributed by atoms with van der Waals surface area (Å²) in [6.07, 6.45) is -11.1. The molecular formula is C40H46N2O16. The van der Waals surface area contributed by atoms with Crippen LogP contribution in [0.25, 0.3) is 0 Å². The number of carbonyl (C=O) groups excluding carboxylic acids is 7. The summed E-state index contributed by atoms with van der Waals surface area (Å²) in [6.45, 7) is 12.1. The Morgan fingerprint density at radius 2 is 1.26 bits per heavy atom. The van der Waals surface area contributed by atoms with Crippen molar-refractivity contribution in [2.45, 2.75) is 116 Å². The van der Waals surface area contributed by atoms with Gasteiger partial charge >= 0.3 is 17.9 Å². The number of imide groups is 2. The van der Waals surface area contributed by atoms with Gasteiger partial charge in [-0.3, -0.25) is 43.4 Å². The van der Waals surface area contributed by atoms with E-state index in [1.807, 2.05) is 0 Å². The average Bonchev–Trinajstić information content (AvgIpc) is 3.49. The Hall–Kier alpha value is -5.11. The van der Waals surface area contributed by atoms with E-state index in [0.717, 1.165) is 30.6 Å². The molecule has 0 aliphatic carbocycles. The molecule has 11 atom stereocenters. The SMILES string of the molecule is C=CCO[C@@H]1O[C@@H]2COC(c3ccccc3)O[C@H]2[C@H](O[C@@H]2O[C@H](COC(C)=O)[C@@H](OC(C)=O)[C@H](OC(C)=O)[C@H]2N2C(=O)C(C)=C(C)C2=O)[C@H]1N1C(=O)C(C)=C(C)C1=O. The molecule has 1 unspecified atom stereocenters. The summed E-state index contributed by atoms with van der Waals surface area (Å²) < 4.78 is 55.1. The van der Waals surface area contributed by atoms with Crippen molar-refractivity contribution >= 4 is 41.5 Å². The lowest BCUT2D eigenvalue weighted by molar-refractivity contribution is -0.377. The highest BCUT2D eigenvalue weighted by Crippen LogP contribution is 2.42. The van der Waals surface area contributed by atoms with E-state index in [1.54, 1.807) is 30.3 Å². The molecule has 4 amide bonds. The third-order valence-corrected chi connectivity index (χ3v) is 10.6. The molecule has 58 heavy (non-hydrogen) atoms. The van der Waals surface area contributed by atoms with E-state index in [9.17, 15) is 33.6 Å². The number of hydrogen-bond acceptors (Lipinski definition) is 16. The van der Waals surface area contributed by atoms with Gasteiger partial charge in [-0.25, -0.2) is 0 Å². The van der Waals surface area contributed by atoms with Crippen molar-refractivity contribution in [3.05, 3.63) is 70.8 Å². The zero-order chi connectivity index (χ0) is 42.2. The summed E-state index contributed by atoms with van der Waals surface area (Å²) in [5.41, 5.74) is 1.06. The molecule has 0 spiro atoms. The second-order valence-corrected chi connectivity index (χ2v) is 14.4. The maximum absolute atomic E-state index is 14.0. The summed E-state index contributed by atoms with van der Waals surface area (Å²) in [6, 6.07) is 5.76. The Kier molecular flexibility index (Phi) is 12.7. The number of fused-ring (bicyclic) bond motifs is 1. The molecule has 0 N–H and O–H groups in total. The van der Waals surface area contributed by atoms with Gasteiger partial charge in [0.1, 0.15) is 43.1 Å². The van der Waals surface area contributed by atoms with Gasteiger partial charge in [-0.15, -0.1) is 6.58 Å². The molecule has 18 nitrogen and oxygen atoms in total. The van der Waals surface area contributed by atoms with Crippen LogP contribution in [0, 0.1) is 0 Å². The lowest BCUT2D eigenvalue weighted by atomic mass is 9.92. The Morgan fingerprint density at radius 1 is 0.724 bits per heavy atom. The molecule has 0 radical (unpaired) electrons. The van der Waals surface area contributed by atoms with Gasteiger partial charge in [-0.05, 0) is 27.7 Å². The molecule has 0 aromatic heterocycles. The van der Waals surface area contributed by atoms with Gasteiger partial charge in [-0.2, -0.15) is 0 Å². The lowest BCUT2D eigenvalue weighted by Gasteiger charge is -2.53. The number of ether oxygens (including phenoxy) is 9. The fourth-order valence-electron chi connectivity index (χ4n) is 7.58. The van der Waals surface area contributed by atoms with Crippen LogP contribution in [-0.2, 0) is 76.2 Å². The molecule has 3 fully saturated rings. The fourth-order valence-corrected chi connectivity index (χ4v) is 7.58. The molecule has 1 aromatic carbocycles. The first kappa shape index (κ1) is 42.5. The van der Waals surface area contributed by atoms with E-state index >= 15 is 0 Å². The van der Waals surface area contributed by atoms with Gasteiger partial charge in [-0.1, -0.05) is 36.4 Å². The molecule has 5 aliphatic heterocycles. The monoisotopic (exact) mass is 810 g/mol. The van der Waals surface area contributed by atoms with E-state index < -0.39 is 116 Å². The van der Waals surface area contributed by atoms with Crippen molar-refractivity contribution in [2.24, 2.45) is 0 Å². The first-order chi connectivity index (χ1) is 27.5. The van der Waals surface area contributed by atoms with Gasteiger partial charge in [0.2, 0.25) is 0 Å². The molecule has 6 rings (SSSR count). The Balaban J connectivity index is 1.53. The molecule has 18 heteroatoms. The van der Waals surface area contributed by atoms with Crippen LogP contribution in [0.5, 0.6) is 0 Å². The summed E-state index contributed by atoms with van der Waals surface area (Å²) in [5.74, 6) is -5.43. The lowest BCUT2D eigenvalue weighted by Crippen LogP contribution is -2.72. The molecular weight excluding hydrogens is 764 g/mol. The number of hydrogen-bond donors (Lipinski definition) is 0. The summed E-state index contributed by atoms with van der Waals surface area (Å²) >= 11 is 0. The topological polar surface area (TPSA) is 209 Å². The highest BCUT2D eigenvalue weighted by molar-refractivity contribution is 6.19. The zero-order valence-corrected chi connectivity index (χ0v) is 33.1. The van der Waals surface area contributed by atoms with Gasteiger partial charge in [0.25, 0.3) is 23.6 Å². The normalized spacial score (nSPS) is 32.7. The van der Waals surface area contributed by atoms with E-state index in [-0.39, 0.29) is 35.5 Å². The van der Waals surface area contributed by atoms with Crippen molar-refractivity contribution in [3.63, 3.8) is 0 Å². The molecule has 0 bridgehead atoms.